The van der Waals surface area contributed by atoms with Crippen molar-refractivity contribution in [3.8, 4) is 6.07 Å². The van der Waals surface area contributed by atoms with Gasteiger partial charge in [-0.1, -0.05) is 0 Å². The summed E-state index contributed by atoms with van der Waals surface area (Å²) >= 11 is 0. The molecule has 1 amide bonds. The Hall–Kier alpha value is -1.28. The lowest BCUT2D eigenvalue weighted by Gasteiger charge is -2.29. The zero-order valence-electron chi connectivity index (χ0n) is 6.54. The highest BCUT2D eigenvalue weighted by molar-refractivity contribution is 5.66. The molecule has 0 unspecified atom stereocenters. The van der Waals surface area contributed by atoms with Gasteiger partial charge in [0.25, 0.3) is 0 Å². The van der Waals surface area contributed by atoms with Gasteiger partial charge in [0, 0.05) is 26.1 Å². The fourth-order valence-electron chi connectivity index (χ4n) is 1.19. The molecule has 1 rings (SSSR count). The molecular formula is C7H10N2O3. The maximum atomic E-state index is 10.3. The SMILES string of the molecule is N#CC1(NC(=O)O)CCOCC1. The number of hydrogen-bond donors (Lipinski definition) is 2. The highest BCUT2D eigenvalue weighted by Gasteiger charge is 2.34. The van der Waals surface area contributed by atoms with Crippen LogP contribution in [0.15, 0.2) is 0 Å². The van der Waals surface area contributed by atoms with Crippen LogP contribution in [-0.4, -0.2) is 30.0 Å². The number of rotatable bonds is 1. The number of nitrogens with zero attached hydrogens (tertiary/aromatic N) is 1. The van der Waals surface area contributed by atoms with Crippen LogP contribution in [0.1, 0.15) is 12.8 Å². The van der Waals surface area contributed by atoms with Crippen molar-refractivity contribution in [1.82, 2.24) is 5.32 Å². The average Bonchev–Trinajstić information content (AvgIpc) is 2.05. The van der Waals surface area contributed by atoms with E-state index >= 15 is 0 Å². The Morgan fingerprint density at radius 2 is 2.17 bits per heavy atom. The molecule has 0 saturated carbocycles. The Balaban J connectivity index is 2.61. The van der Waals surface area contributed by atoms with Crippen LogP contribution in [0.5, 0.6) is 0 Å². The molecule has 1 saturated heterocycles. The Labute approximate surface area is 69.9 Å². The van der Waals surface area contributed by atoms with Crippen molar-refractivity contribution in [3.05, 3.63) is 0 Å². The van der Waals surface area contributed by atoms with Gasteiger partial charge in [0.05, 0.1) is 6.07 Å². The van der Waals surface area contributed by atoms with Crippen LogP contribution in [0.3, 0.4) is 0 Å². The van der Waals surface area contributed by atoms with Crippen molar-refractivity contribution in [3.63, 3.8) is 0 Å². The monoisotopic (exact) mass is 170 g/mol. The van der Waals surface area contributed by atoms with Crippen molar-refractivity contribution in [2.24, 2.45) is 0 Å². The van der Waals surface area contributed by atoms with Gasteiger partial charge in [-0.15, -0.1) is 0 Å². The van der Waals surface area contributed by atoms with Gasteiger partial charge in [-0.25, -0.2) is 4.79 Å². The number of ether oxygens (including phenoxy) is 1. The predicted octanol–water partition coefficient (Wildman–Crippen LogP) is 0.327. The first-order valence-electron chi connectivity index (χ1n) is 3.69. The van der Waals surface area contributed by atoms with Crippen LogP contribution in [0.2, 0.25) is 0 Å². The van der Waals surface area contributed by atoms with E-state index in [2.05, 4.69) is 5.32 Å². The van der Waals surface area contributed by atoms with Gasteiger partial charge in [0.2, 0.25) is 0 Å². The first-order valence-corrected chi connectivity index (χ1v) is 3.69. The average molecular weight is 170 g/mol. The van der Waals surface area contributed by atoms with E-state index in [9.17, 15) is 4.79 Å². The summed E-state index contributed by atoms with van der Waals surface area (Å²) in [7, 11) is 0. The van der Waals surface area contributed by atoms with Crippen molar-refractivity contribution >= 4 is 6.09 Å². The van der Waals surface area contributed by atoms with Crippen molar-refractivity contribution in [2.45, 2.75) is 18.4 Å². The van der Waals surface area contributed by atoms with E-state index in [-0.39, 0.29) is 0 Å². The molecule has 1 heterocycles. The zero-order valence-corrected chi connectivity index (χ0v) is 6.54. The Morgan fingerprint density at radius 3 is 2.58 bits per heavy atom. The van der Waals surface area contributed by atoms with Crippen LogP contribution in [0.4, 0.5) is 4.79 Å². The highest BCUT2D eigenvalue weighted by Crippen LogP contribution is 2.19. The quantitative estimate of drug-likeness (QED) is 0.594. The Morgan fingerprint density at radius 1 is 1.58 bits per heavy atom. The van der Waals surface area contributed by atoms with Crippen molar-refractivity contribution in [1.29, 1.82) is 5.26 Å². The summed E-state index contributed by atoms with van der Waals surface area (Å²) in [5, 5.41) is 19.4. The summed E-state index contributed by atoms with van der Waals surface area (Å²) in [6.07, 6.45) is -0.301. The third-order valence-electron chi connectivity index (χ3n) is 1.91. The van der Waals surface area contributed by atoms with Crippen LogP contribution >= 0.6 is 0 Å². The predicted molar refractivity (Wildman–Crippen MR) is 39.6 cm³/mol. The standard InChI is InChI=1S/C7H10N2O3/c8-5-7(9-6(10)11)1-3-12-4-2-7/h9H,1-4H2,(H,10,11). The van der Waals surface area contributed by atoms with E-state index in [0.29, 0.717) is 26.1 Å². The largest absolute Gasteiger partial charge is 0.465 e. The summed E-state index contributed by atoms with van der Waals surface area (Å²) in [6.45, 7) is 0.877. The Bertz CT molecular complexity index is 215. The number of carbonyl (C=O) groups is 1. The fraction of sp³-hybridized carbons (Fsp3) is 0.714. The smallest absolute Gasteiger partial charge is 0.405 e. The summed E-state index contributed by atoms with van der Waals surface area (Å²) in [4.78, 5) is 10.3. The molecule has 0 aliphatic carbocycles. The summed E-state index contributed by atoms with van der Waals surface area (Å²) in [5.74, 6) is 0. The summed E-state index contributed by atoms with van der Waals surface area (Å²) < 4.78 is 5.02. The van der Waals surface area contributed by atoms with Gasteiger partial charge < -0.3 is 15.2 Å². The molecule has 0 radical (unpaired) electrons. The number of hydrogen-bond acceptors (Lipinski definition) is 3. The molecule has 0 aromatic carbocycles. The van der Waals surface area contributed by atoms with Crippen molar-refractivity contribution < 1.29 is 14.6 Å². The topological polar surface area (TPSA) is 82.4 Å². The summed E-state index contributed by atoms with van der Waals surface area (Å²) in [6, 6.07) is 1.98. The van der Waals surface area contributed by atoms with Gasteiger partial charge in [-0.05, 0) is 0 Å². The second kappa shape index (κ2) is 3.41. The van der Waals surface area contributed by atoms with E-state index in [4.69, 9.17) is 15.1 Å². The lowest BCUT2D eigenvalue weighted by atomic mass is 9.92. The molecule has 0 bridgehead atoms. The molecule has 1 aliphatic rings. The molecule has 1 fully saturated rings. The third-order valence-corrected chi connectivity index (χ3v) is 1.91. The highest BCUT2D eigenvalue weighted by atomic mass is 16.5. The van der Waals surface area contributed by atoms with Gasteiger partial charge in [-0.2, -0.15) is 5.26 Å². The molecule has 0 spiro atoms. The van der Waals surface area contributed by atoms with E-state index < -0.39 is 11.6 Å². The van der Waals surface area contributed by atoms with Gasteiger partial charge in [-0.3, -0.25) is 0 Å². The summed E-state index contributed by atoms with van der Waals surface area (Å²) in [5.41, 5.74) is -0.927. The molecule has 12 heavy (non-hydrogen) atoms. The second-order valence-electron chi connectivity index (χ2n) is 2.74. The molecule has 0 atom stereocenters. The minimum absolute atomic E-state index is 0.426. The lowest BCUT2D eigenvalue weighted by molar-refractivity contribution is 0.0579. The molecule has 1 aliphatic heterocycles. The number of nitrogens with one attached hydrogen (secondary N) is 1. The van der Waals surface area contributed by atoms with Gasteiger partial charge in [0.1, 0.15) is 5.54 Å². The van der Waals surface area contributed by atoms with Crippen LogP contribution < -0.4 is 5.32 Å². The maximum absolute atomic E-state index is 10.3. The molecule has 5 nitrogen and oxygen atoms in total. The molecule has 0 aromatic rings. The molecule has 0 aromatic heterocycles. The number of amides is 1. The minimum Gasteiger partial charge on any atom is -0.465 e. The molecule has 66 valence electrons. The second-order valence-corrected chi connectivity index (χ2v) is 2.74. The van der Waals surface area contributed by atoms with Crippen molar-refractivity contribution in [2.75, 3.05) is 13.2 Å². The normalized spacial score (nSPS) is 20.9. The van der Waals surface area contributed by atoms with Crippen LogP contribution in [0, 0.1) is 11.3 Å². The third kappa shape index (κ3) is 1.86. The lowest BCUT2D eigenvalue weighted by Crippen LogP contribution is -2.50. The van der Waals surface area contributed by atoms with Crippen LogP contribution in [0.25, 0.3) is 0 Å². The van der Waals surface area contributed by atoms with Crippen LogP contribution in [-0.2, 0) is 4.74 Å². The van der Waals surface area contributed by atoms with Gasteiger partial charge in [0.15, 0.2) is 0 Å². The van der Waals surface area contributed by atoms with Gasteiger partial charge >= 0.3 is 6.09 Å². The van der Waals surface area contributed by atoms with E-state index in [1.54, 1.807) is 0 Å². The minimum atomic E-state index is -1.15. The van der Waals surface area contributed by atoms with E-state index in [1.807, 2.05) is 6.07 Å². The Kier molecular flexibility index (Phi) is 2.51. The molecule has 5 heteroatoms. The first kappa shape index (κ1) is 8.81. The van der Waals surface area contributed by atoms with E-state index in [1.165, 1.54) is 0 Å². The fourth-order valence-corrected chi connectivity index (χ4v) is 1.19. The maximum Gasteiger partial charge on any atom is 0.405 e. The molecular weight excluding hydrogens is 160 g/mol. The zero-order chi connectivity index (χ0) is 9.03. The number of carboxylic acid groups (broad SMARTS) is 1. The first-order chi connectivity index (χ1) is 5.68. The molecule has 2 N–H and O–H groups in total. The number of nitriles is 1. The van der Waals surface area contributed by atoms with E-state index in [0.717, 1.165) is 0 Å².